The minimum absolute atomic E-state index is 0.0746. The van der Waals surface area contributed by atoms with E-state index in [-0.39, 0.29) is 12.1 Å². The molecule has 0 bridgehead atoms. The summed E-state index contributed by atoms with van der Waals surface area (Å²) in [6, 6.07) is 24.2. The fourth-order valence-corrected chi connectivity index (χ4v) is 4.02. The molecule has 1 aromatic heterocycles. The van der Waals surface area contributed by atoms with Crippen molar-refractivity contribution in [2.75, 3.05) is 0 Å². The molecule has 0 radical (unpaired) electrons. The van der Waals surface area contributed by atoms with Crippen molar-refractivity contribution >= 4 is 17.0 Å². The van der Waals surface area contributed by atoms with Gasteiger partial charge < -0.3 is 9.30 Å². The molecule has 0 aliphatic carbocycles. The van der Waals surface area contributed by atoms with Crippen molar-refractivity contribution in [1.82, 2.24) is 9.55 Å². The van der Waals surface area contributed by atoms with E-state index in [4.69, 9.17) is 4.74 Å². The second kappa shape index (κ2) is 10.3. The van der Waals surface area contributed by atoms with E-state index in [1.165, 1.54) is 12.0 Å². The highest BCUT2D eigenvalue weighted by Gasteiger charge is 2.16. The number of esters is 1. The van der Waals surface area contributed by atoms with Crippen molar-refractivity contribution in [1.29, 1.82) is 0 Å². The van der Waals surface area contributed by atoms with Crippen LogP contribution in [0.1, 0.15) is 55.5 Å². The fourth-order valence-electron chi connectivity index (χ4n) is 4.02. The first-order valence-corrected chi connectivity index (χ1v) is 11.4. The third kappa shape index (κ3) is 5.08. The van der Waals surface area contributed by atoms with Crippen LogP contribution in [0.3, 0.4) is 0 Å². The van der Waals surface area contributed by atoms with Crippen LogP contribution in [0.25, 0.3) is 22.2 Å². The maximum atomic E-state index is 12.9. The number of fused-ring (bicyclic) bond motifs is 1. The molecule has 4 heteroatoms. The van der Waals surface area contributed by atoms with E-state index in [2.05, 4.69) is 46.8 Å². The molecule has 0 fully saturated rings. The number of carbonyl (C=O) groups excluding carboxylic acids is 1. The Hall–Kier alpha value is -3.40. The first-order valence-electron chi connectivity index (χ1n) is 11.4. The van der Waals surface area contributed by atoms with Crippen LogP contribution >= 0.6 is 0 Å². The second-order valence-electron chi connectivity index (χ2n) is 8.32. The van der Waals surface area contributed by atoms with Gasteiger partial charge in [0, 0.05) is 6.54 Å². The third-order valence-electron chi connectivity index (χ3n) is 5.81. The van der Waals surface area contributed by atoms with Crippen LogP contribution < -0.4 is 0 Å². The molecule has 0 N–H and O–H groups in total. The fraction of sp³-hybridized carbons (Fsp3) is 0.286. The maximum Gasteiger partial charge on any atom is 0.339 e. The number of imidazole rings is 1. The van der Waals surface area contributed by atoms with Gasteiger partial charge in [-0.2, -0.15) is 0 Å². The van der Waals surface area contributed by atoms with Gasteiger partial charge in [0.05, 0.1) is 29.0 Å². The number of aromatic nitrogens is 2. The van der Waals surface area contributed by atoms with E-state index < -0.39 is 0 Å². The Morgan fingerprint density at radius 1 is 0.969 bits per heavy atom. The molecule has 32 heavy (non-hydrogen) atoms. The van der Waals surface area contributed by atoms with Crippen molar-refractivity contribution in [3.05, 3.63) is 90.3 Å². The van der Waals surface area contributed by atoms with Gasteiger partial charge in [0.1, 0.15) is 0 Å². The average Bonchev–Trinajstić information content (AvgIpc) is 3.22. The van der Waals surface area contributed by atoms with Crippen LogP contribution in [0, 0.1) is 0 Å². The summed E-state index contributed by atoms with van der Waals surface area (Å²) in [6.07, 6.45) is 6.12. The standard InChI is InChI=1S/C28H30N2O2/c1-3-4-5-10-21(2)32-28(31)25-12-7-6-11-24(25)23-17-15-22(16-18-23)19-30-20-29-26-13-8-9-14-27(26)30/h6-9,11-18,20-21H,3-5,10,19H2,1-2H3. The summed E-state index contributed by atoms with van der Waals surface area (Å²) >= 11 is 0. The topological polar surface area (TPSA) is 44.1 Å². The highest BCUT2D eigenvalue weighted by Crippen LogP contribution is 2.26. The van der Waals surface area contributed by atoms with Gasteiger partial charge in [0.25, 0.3) is 0 Å². The molecular formula is C28H30N2O2. The van der Waals surface area contributed by atoms with Gasteiger partial charge in [-0.15, -0.1) is 0 Å². The number of hydrogen-bond acceptors (Lipinski definition) is 3. The van der Waals surface area contributed by atoms with Gasteiger partial charge >= 0.3 is 5.97 Å². The largest absolute Gasteiger partial charge is 0.459 e. The van der Waals surface area contributed by atoms with Crippen molar-refractivity contribution in [2.24, 2.45) is 0 Å². The summed E-state index contributed by atoms with van der Waals surface area (Å²) < 4.78 is 7.88. The summed E-state index contributed by atoms with van der Waals surface area (Å²) in [5.41, 5.74) is 5.83. The molecule has 0 amide bonds. The van der Waals surface area contributed by atoms with Gasteiger partial charge in [-0.1, -0.05) is 74.4 Å². The number of hydrogen-bond donors (Lipinski definition) is 0. The highest BCUT2D eigenvalue weighted by molar-refractivity contribution is 5.97. The molecule has 4 nitrogen and oxygen atoms in total. The Morgan fingerprint density at radius 2 is 1.72 bits per heavy atom. The van der Waals surface area contributed by atoms with E-state index in [0.717, 1.165) is 48.0 Å². The molecule has 164 valence electrons. The summed E-state index contributed by atoms with van der Waals surface area (Å²) in [5, 5.41) is 0. The van der Waals surface area contributed by atoms with Gasteiger partial charge in [-0.05, 0) is 54.7 Å². The van der Waals surface area contributed by atoms with Crippen molar-refractivity contribution in [3.63, 3.8) is 0 Å². The number of carbonyl (C=O) groups is 1. The minimum Gasteiger partial charge on any atom is -0.459 e. The Labute approximate surface area is 189 Å². The monoisotopic (exact) mass is 426 g/mol. The van der Waals surface area contributed by atoms with Crippen LogP contribution in [0.2, 0.25) is 0 Å². The summed E-state index contributed by atoms with van der Waals surface area (Å²) in [5.74, 6) is -0.251. The van der Waals surface area contributed by atoms with E-state index in [0.29, 0.717) is 5.56 Å². The third-order valence-corrected chi connectivity index (χ3v) is 5.81. The normalized spacial score (nSPS) is 12.1. The zero-order valence-corrected chi connectivity index (χ0v) is 18.8. The molecule has 3 aromatic carbocycles. The predicted octanol–water partition coefficient (Wildman–Crippen LogP) is 6.88. The van der Waals surface area contributed by atoms with Gasteiger partial charge in [0.2, 0.25) is 0 Å². The van der Waals surface area contributed by atoms with Gasteiger partial charge in [-0.25, -0.2) is 9.78 Å². The highest BCUT2D eigenvalue weighted by atomic mass is 16.5. The lowest BCUT2D eigenvalue weighted by atomic mass is 9.98. The maximum absolute atomic E-state index is 12.9. The molecule has 0 aliphatic heterocycles. The van der Waals surface area contributed by atoms with Crippen LogP contribution in [0.4, 0.5) is 0 Å². The molecule has 0 saturated heterocycles. The minimum atomic E-state index is -0.251. The summed E-state index contributed by atoms with van der Waals surface area (Å²) in [4.78, 5) is 17.3. The van der Waals surface area contributed by atoms with Gasteiger partial charge in [0.15, 0.2) is 0 Å². The number of benzene rings is 3. The van der Waals surface area contributed by atoms with Crippen molar-refractivity contribution in [3.8, 4) is 11.1 Å². The zero-order valence-electron chi connectivity index (χ0n) is 18.8. The number of rotatable bonds is 9. The summed E-state index contributed by atoms with van der Waals surface area (Å²) in [7, 11) is 0. The number of unbranched alkanes of at least 4 members (excludes halogenated alkanes) is 2. The van der Waals surface area contributed by atoms with Crippen LogP contribution in [0.15, 0.2) is 79.1 Å². The average molecular weight is 427 g/mol. The van der Waals surface area contributed by atoms with E-state index in [1.54, 1.807) is 0 Å². The first kappa shape index (κ1) is 21.8. The lowest BCUT2D eigenvalue weighted by molar-refractivity contribution is 0.0320. The van der Waals surface area contributed by atoms with Crippen LogP contribution in [-0.4, -0.2) is 21.6 Å². The summed E-state index contributed by atoms with van der Waals surface area (Å²) in [6.45, 7) is 4.90. The smallest absolute Gasteiger partial charge is 0.339 e. The number of para-hydroxylation sites is 2. The number of ether oxygens (including phenoxy) is 1. The van der Waals surface area contributed by atoms with Crippen LogP contribution in [-0.2, 0) is 11.3 Å². The molecule has 4 rings (SSSR count). The second-order valence-corrected chi connectivity index (χ2v) is 8.32. The van der Waals surface area contributed by atoms with E-state index >= 15 is 0 Å². The molecular weight excluding hydrogens is 396 g/mol. The molecule has 1 unspecified atom stereocenters. The molecule has 0 aliphatic rings. The van der Waals surface area contributed by atoms with E-state index in [1.807, 2.05) is 55.7 Å². The Balaban J connectivity index is 1.49. The molecule has 0 spiro atoms. The molecule has 1 heterocycles. The molecule has 1 atom stereocenters. The number of nitrogens with zero attached hydrogens (tertiary/aromatic N) is 2. The predicted molar refractivity (Wildman–Crippen MR) is 130 cm³/mol. The lowest BCUT2D eigenvalue weighted by Crippen LogP contribution is -2.15. The van der Waals surface area contributed by atoms with Gasteiger partial charge in [-0.3, -0.25) is 0 Å². The quantitative estimate of drug-likeness (QED) is 0.216. The SMILES string of the molecule is CCCCCC(C)OC(=O)c1ccccc1-c1ccc(Cn2cnc3ccccc32)cc1. The molecule has 4 aromatic rings. The van der Waals surface area contributed by atoms with Crippen molar-refractivity contribution < 1.29 is 9.53 Å². The zero-order chi connectivity index (χ0) is 22.3. The lowest BCUT2D eigenvalue weighted by Gasteiger charge is -2.15. The Morgan fingerprint density at radius 3 is 2.53 bits per heavy atom. The van der Waals surface area contributed by atoms with Crippen molar-refractivity contribution in [2.45, 2.75) is 52.2 Å². The first-order chi connectivity index (χ1) is 15.7. The van der Waals surface area contributed by atoms with Crippen LogP contribution in [0.5, 0.6) is 0 Å². The molecule has 0 saturated carbocycles. The Bertz CT molecular complexity index is 1180. The Kier molecular flexibility index (Phi) is 7.00. The van der Waals surface area contributed by atoms with E-state index in [9.17, 15) is 4.79 Å².